The van der Waals surface area contributed by atoms with Gasteiger partial charge in [0.15, 0.2) is 6.61 Å². The van der Waals surface area contributed by atoms with E-state index in [0.717, 1.165) is 42.4 Å². The molecular weight excluding hydrogens is 424 g/mol. The molecule has 0 bridgehead atoms. The first-order valence-electron chi connectivity index (χ1n) is 12.5. The molecule has 0 radical (unpaired) electrons. The first-order valence-corrected chi connectivity index (χ1v) is 12.5. The summed E-state index contributed by atoms with van der Waals surface area (Å²) >= 11 is 0. The van der Waals surface area contributed by atoms with Gasteiger partial charge in [0.05, 0.1) is 0 Å². The van der Waals surface area contributed by atoms with Gasteiger partial charge in [-0.3, -0.25) is 9.59 Å². The number of amides is 2. The second-order valence-electron chi connectivity index (χ2n) is 10.6. The summed E-state index contributed by atoms with van der Waals surface area (Å²) in [5, 5.41) is 3.18. The Balaban J connectivity index is 1.75. The molecule has 0 heterocycles. The number of benzene rings is 2. The maximum Gasteiger partial charge on any atom is 0.261 e. The third-order valence-corrected chi connectivity index (χ3v) is 6.64. The molecule has 5 heteroatoms. The number of aryl methyl sites for hydroxylation is 1. The van der Waals surface area contributed by atoms with Gasteiger partial charge in [0.25, 0.3) is 5.91 Å². The molecule has 1 aliphatic rings. The number of hydrogen-bond donors (Lipinski definition) is 1. The summed E-state index contributed by atoms with van der Waals surface area (Å²) in [4.78, 5) is 28.2. The Morgan fingerprint density at radius 2 is 1.68 bits per heavy atom. The monoisotopic (exact) mass is 464 g/mol. The highest BCUT2D eigenvalue weighted by molar-refractivity contribution is 5.88. The van der Waals surface area contributed by atoms with E-state index in [0.29, 0.717) is 12.3 Å². The van der Waals surface area contributed by atoms with Gasteiger partial charge in [0, 0.05) is 12.6 Å². The average molecular weight is 465 g/mol. The van der Waals surface area contributed by atoms with Crippen LogP contribution in [0.5, 0.6) is 5.75 Å². The average Bonchev–Trinajstić information content (AvgIpc) is 2.82. The highest BCUT2D eigenvalue weighted by Crippen LogP contribution is 2.31. The van der Waals surface area contributed by atoms with Crippen LogP contribution < -0.4 is 10.1 Å². The number of carbonyl (C=O) groups excluding carboxylic acids is 2. The van der Waals surface area contributed by atoms with Crippen LogP contribution in [0, 0.1) is 6.92 Å². The quantitative estimate of drug-likeness (QED) is 0.558. The Labute approximate surface area is 204 Å². The van der Waals surface area contributed by atoms with Crippen molar-refractivity contribution < 1.29 is 14.3 Å². The zero-order chi connectivity index (χ0) is 24.7. The third kappa shape index (κ3) is 7.09. The Hall–Kier alpha value is -2.82. The minimum Gasteiger partial charge on any atom is -0.483 e. The SMILES string of the molecule is Cc1ccc(CN(C(=O)COc2ccccc2C(C)(C)C)C(C)C(=O)NC2CCCCC2)cc1. The normalized spacial score (nSPS) is 15.4. The Kier molecular flexibility index (Phi) is 8.76. The molecule has 1 unspecified atom stereocenters. The molecule has 3 rings (SSSR count). The van der Waals surface area contributed by atoms with E-state index in [1.165, 1.54) is 6.42 Å². The van der Waals surface area contributed by atoms with E-state index in [1.807, 2.05) is 62.4 Å². The lowest BCUT2D eigenvalue weighted by molar-refractivity contribution is -0.142. The first-order chi connectivity index (χ1) is 16.1. The fourth-order valence-corrected chi connectivity index (χ4v) is 4.48. The van der Waals surface area contributed by atoms with Crippen LogP contribution in [0.4, 0.5) is 0 Å². The molecule has 2 amide bonds. The van der Waals surface area contributed by atoms with E-state index in [2.05, 4.69) is 26.1 Å². The lowest BCUT2D eigenvalue weighted by Crippen LogP contribution is -2.51. The summed E-state index contributed by atoms with van der Waals surface area (Å²) in [6, 6.07) is 15.5. The van der Waals surface area contributed by atoms with E-state index in [1.54, 1.807) is 4.90 Å². The van der Waals surface area contributed by atoms with Gasteiger partial charge in [0.1, 0.15) is 11.8 Å². The van der Waals surface area contributed by atoms with Crippen LogP contribution in [-0.4, -0.2) is 35.4 Å². The molecule has 5 nitrogen and oxygen atoms in total. The molecule has 2 aromatic rings. The maximum atomic E-state index is 13.4. The molecule has 1 N–H and O–H groups in total. The van der Waals surface area contributed by atoms with Gasteiger partial charge in [-0.2, -0.15) is 0 Å². The Bertz CT molecular complexity index is 956. The molecule has 1 saturated carbocycles. The van der Waals surface area contributed by atoms with Crippen LogP contribution in [-0.2, 0) is 21.5 Å². The van der Waals surface area contributed by atoms with Crippen LogP contribution in [0.3, 0.4) is 0 Å². The van der Waals surface area contributed by atoms with Crippen molar-refractivity contribution in [3.8, 4) is 5.75 Å². The number of nitrogens with one attached hydrogen (secondary N) is 1. The number of rotatable bonds is 8. The Morgan fingerprint density at radius 3 is 2.32 bits per heavy atom. The molecule has 0 saturated heterocycles. The second-order valence-corrected chi connectivity index (χ2v) is 10.6. The van der Waals surface area contributed by atoms with Gasteiger partial charge >= 0.3 is 0 Å². The van der Waals surface area contributed by atoms with Crippen LogP contribution in [0.25, 0.3) is 0 Å². The van der Waals surface area contributed by atoms with Crippen molar-refractivity contribution >= 4 is 11.8 Å². The van der Waals surface area contributed by atoms with Crippen molar-refractivity contribution in [3.63, 3.8) is 0 Å². The number of nitrogens with zero attached hydrogens (tertiary/aromatic N) is 1. The van der Waals surface area contributed by atoms with Crippen molar-refractivity contribution in [1.29, 1.82) is 0 Å². The van der Waals surface area contributed by atoms with Crippen LogP contribution in [0.2, 0.25) is 0 Å². The lowest BCUT2D eigenvalue weighted by atomic mass is 9.86. The summed E-state index contributed by atoms with van der Waals surface area (Å²) in [5.74, 6) is 0.413. The van der Waals surface area contributed by atoms with E-state index < -0.39 is 6.04 Å². The van der Waals surface area contributed by atoms with Crippen molar-refractivity contribution in [2.75, 3.05) is 6.61 Å². The van der Waals surface area contributed by atoms with E-state index in [4.69, 9.17) is 4.74 Å². The van der Waals surface area contributed by atoms with Crippen molar-refractivity contribution in [2.45, 2.75) is 90.8 Å². The number of para-hydroxylation sites is 1. The molecule has 1 fully saturated rings. The molecule has 0 spiro atoms. The minimum absolute atomic E-state index is 0.0950. The summed E-state index contributed by atoms with van der Waals surface area (Å²) in [6.45, 7) is 10.5. The second kappa shape index (κ2) is 11.5. The molecule has 2 aromatic carbocycles. The van der Waals surface area contributed by atoms with E-state index >= 15 is 0 Å². The van der Waals surface area contributed by atoms with Gasteiger partial charge in [-0.1, -0.05) is 88.1 Å². The van der Waals surface area contributed by atoms with Gasteiger partial charge in [-0.25, -0.2) is 0 Å². The highest BCUT2D eigenvalue weighted by Gasteiger charge is 2.29. The Morgan fingerprint density at radius 1 is 1.03 bits per heavy atom. The summed E-state index contributed by atoms with van der Waals surface area (Å²) in [5.41, 5.74) is 3.10. The topological polar surface area (TPSA) is 58.6 Å². The van der Waals surface area contributed by atoms with Gasteiger partial charge in [-0.05, 0) is 49.3 Å². The van der Waals surface area contributed by atoms with Gasteiger partial charge < -0.3 is 15.0 Å². The molecule has 1 aliphatic carbocycles. The van der Waals surface area contributed by atoms with Crippen molar-refractivity contribution in [2.24, 2.45) is 0 Å². The predicted octanol–water partition coefficient (Wildman–Crippen LogP) is 5.54. The minimum atomic E-state index is -0.586. The van der Waals surface area contributed by atoms with Crippen molar-refractivity contribution in [3.05, 3.63) is 65.2 Å². The third-order valence-electron chi connectivity index (χ3n) is 6.64. The van der Waals surface area contributed by atoms with Gasteiger partial charge in [-0.15, -0.1) is 0 Å². The zero-order valence-corrected chi connectivity index (χ0v) is 21.4. The molecule has 0 aliphatic heterocycles. The molecule has 1 atom stereocenters. The largest absolute Gasteiger partial charge is 0.483 e. The van der Waals surface area contributed by atoms with Crippen LogP contribution >= 0.6 is 0 Å². The molecule has 0 aromatic heterocycles. The standard InChI is InChI=1S/C29H40N2O3/c1-21-15-17-23(18-16-21)19-31(22(2)28(33)30-24-11-7-6-8-12-24)27(32)20-34-26-14-10-9-13-25(26)29(3,4)5/h9-10,13-18,22,24H,6-8,11-12,19-20H2,1-5H3,(H,30,33). The maximum absolute atomic E-state index is 13.4. The summed E-state index contributed by atoms with van der Waals surface area (Å²) in [7, 11) is 0. The van der Waals surface area contributed by atoms with Crippen LogP contribution in [0.15, 0.2) is 48.5 Å². The first kappa shape index (κ1) is 25.8. The van der Waals surface area contributed by atoms with E-state index in [9.17, 15) is 9.59 Å². The summed E-state index contributed by atoms with van der Waals surface area (Å²) < 4.78 is 6.02. The summed E-state index contributed by atoms with van der Waals surface area (Å²) in [6.07, 6.45) is 5.54. The number of hydrogen-bond acceptors (Lipinski definition) is 3. The number of ether oxygens (including phenoxy) is 1. The smallest absolute Gasteiger partial charge is 0.261 e. The molecule has 184 valence electrons. The van der Waals surface area contributed by atoms with Crippen LogP contribution in [0.1, 0.15) is 76.5 Å². The lowest BCUT2D eigenvalue weighted by Gasteiger charge is -2.31. The van der Waals surface area contributed by atoms with Gasteiger partial charge in [0.2, 0.25) is 5.91 Å². The number of carbonyl (C=O) groups is 2. The fraction of sp³-hybridized carbons (Fsp3) is 0.517. The molecule has 34 heavy (non-hydrogen) atoms. The van der Waals surface area contributed by atoms with E-state index in [-0.39, 0.29) is 29.9 Å². The van der Waals surface area contributed by atoms with Crippen molar-refractivity contribution in [1.82, 2.24) is 10.2 Å². The predicted molar refractivity (Wildman–Crippen MR) is 137 cm³/mol. The highest BCUT2D eigenvalue weighted by atomic mass is 16.5. The fourth-order valence-electron chi connectivity index (χ4n) is 4.48. The molecular formula is C29H40N2O3. The zero-order valence-electron chi connectivity index (χ0n) is 21.4.